The van der Waals surface area contributed by atoms with Crippen LogP contribution in [0.1, 0.15) is 40.0 Å². The van der Waals surface area contributed by atoms with E-state index in [0.717, 1.165) is 66.6 Å². The van der Waals surface area contributed by atoms with Crippen molar-refractivity contribution in [3.63, 3.8) is 0 Å². The van der Waals surface area contributed by atoms with E-state index in [1.165, 1.54) is 0 Å². The first kappa shape index (κ1) is 30.2. The largest absolute Gasteiger partial charge is 0.348 e. The number of rotatable bonds is 10. The highest BCUT2D eigenvalue weighted by atomic mass is 32.2. The molecule has 0 radical (unpaired) electrons. The number of amides is 3. The van der Waals surface area contributed by atoms with Crippen LogP contribution in [0.5, 0.6) is 0 Å². The summed E-state index contributed by atoms with van der Waals surface area (Å²) < 4.78 is 0. The van der Waals surface area contributed by atoms with Crippen molar-refractivity contribution in [3.05, 3.63) is 112 Å². The van der Waals surface area contributed by atoms with Crippen LogP contribution in [0, 0.1) is 5.92 Å². The van der Waals surface area contributed by atoms with E-state index in [4.69, 9.17) is 0 Å². The number of piperidine rings is 1. The molecule has 2 aromatic carbocycles. The Morgan fingerprint density at radius 2 is 1.80 bits per heavy atom. The Morgan fingerprint density at radius 3 is 2.60 bits per heavy atom. The van der Waals surface area contributed by atoms with E-state index in [1.807, 2.05) is 60.7 Å². The van der Waals surface area contributed by atoms with Crippen LogP contribution in [0.4, 0.5) is 10.7 Å². The first-order chi connectivity index (χ1) is 22.0. The summed E-state index contributed by atoms with van der Waals surface area (Å²) in [5, 5.41) is 8.52. The molecule has 3 amide bonds. The van der Waals surface area contributed by atoms with Gasteiger partial charge in [0.1, 0.15) is 0 Å². The van der Waals surface area contributed by atoms with Gasteiger partial charge < -0.3 is 15.5 Å². The Bertz CT molecular complexity index is 1720. The van der Waals surface area contributed by atoms with Crippen molar-refractivity contribution < 1.29 is 14.4 Å². The molecule has 6 rings (SSSR count). The van der Waals surface area contributed by atoms with Gasteiger partial charge in [-0.25, -0.2) is 9.97 Å². The Hall–Kier alpha value is -4.87. The number of anilines is 1. The molecule has 2 aromatic heterocycles. The molecule has 0 spiro atoms. The molecule has 4 heterocycles. The van der Waals surface area contributed by atoms with Crippen LogP contribution >= 0.6 is 11.8 Å². The molecule has 2 aliphatic rings. The van der Waals surface area contributed by atoms with Gasteiger partial charge in [0.05, 0.1) is 16.3 Å². The highest BCUT2D eigenvalue weighted by Gasteiger charge is 2.26. The van der Waals surface area contributed by atoms with E-state index in [2.05, 4.69) is 41.9 Å². The number of aromatic nitrogens is 3. The first-order valence-corrected chi connectivity index (χ1v) is 15.7. The lowest BCUT2D eigenvalue weighted by molar-refractivity contribution is -0.115. The molecule has 0 saturated carbocycles. The highest BCUT2D eigenvalue weighted by Crippen LogP contribution is 2.27. The highest BCUT2D eigenvalue weighted by molar-refractivity contribution is 8.18. The van der Waals surface area contributed by atoms with Crippen molar-refractivity contribution in [2.75, 3.05) is 24.5 Å². The number of carbonyl (C=O) groups is 3. The average molecular weight is 620 g/mol. The number of nitrogens with one attached hydrogen (secondary N) is 3. The summed E-state index contributed by atoms with van der Waals surface area (Å²) in [4.78, 5) is 52.4. The lowest BCUT2D eigenvalue weighted by Gasteiger charge is -2.32. The maximum absolute atomic E-state index is 12.9. The molecule has 4 aromatic rings. The van der Waals surface area contributed by atoms with Crippen LogP contribution in [-0.4, -0.2) is 51.6 Å². The van der Waals surface area contributed by atoms with E-state index < -0.39 is 5.91 Å². The zero-order valence-electron chi connectivity index (χ0n) is 24.6. The fourth-order valence-corrected chi connectivity index (χ4v) is 6.09. The van der Waals surface area contributed by atoms with E-state index >= 15 is 0 Å². The number of imide groups is 1. The predicted molar refractivity (Wildman–Crippen MR) is 175 cm³/mol. The number of thioether (sulfide) groups is 1. The normalized spacial score (nSPS) is 16.2. The lowest BCUT2D eigenvalue weighted by Crippen LogP contribution is -2.38. The SMILES string of the molecule is O=C1NC(=O)/C(=C/c2ccnc(N3CCC(CNCc4cccnc4-c4cccc(C(=O)NCc5ccccc5)c4)CC3)n2)S1. The number of hydrogen-bond donors (Lipinski definition) is 3. The summed E-state index contributed by atoms with van der Waals surface area (Å²) in [7, 11) is 0. The van der Waals surface area contributed by atoms with Crippen LogP contribution in [0.15, 0.2) is 90.1 Å². The maximum Gasteiger partial charge on any atom is 0.290 e. The van der Waals surface area contributed by atoms with Gasteiger partial charge in [0.2, 0.25) is 5.95 Å². The smallest absolute Gasteiger partial charge is 0.290 e. The molecule has 228 valence electrons. The number of nitrogens with zero attached hydrogens (tertiary/aromatic N) is 4. The van der Waals surface area contributed by atoms with Gasteiger partial charge in [-0.05, 0) is 78.5 Å². The number of carbonyl (C=O) groups excluding carboxylic acids is 3. The Kier molecular flexibility index (Phi) is 9.57. The fraction of sp³-hybridized carbons (Fsp3) is 0.235. The second-order valence-electron chi connectivity index (χ2n) is 11.0. The number of hydrogen-bond acceptors (Lipinski definition) is 9. The van der Waals surface area contributed by atoms with E-state index in [9.17, 15) is 14.4 Å². The molecule has 11 heteroatoms. The molecule has 0 bridgehead atoms. The average Bonchev–Trinajstić information content (AvgIpc) is 3.40. The van der Waals surface area contributed by atoms with Crippen LogP contribution in [0.25, 0.3) is 17.3 Å². The second-order valence-corrected chi connectivity index (χ2v) is 12.0. The van der Waals surface area contributed by atoms with Gasteiger partial charge in [-0.2, -0.15) is 0 Å². The number of pyridine rings is 1. The summed E-state index contributed by atoms with van der Waals surface area (Å²) in [5.41, 5.74) is 5.10. The summed E-state index contributed by atoms with van der Waals surface area (Å²) in [5.74, 6) is 0.621. The standard InChI is InChI=1S/C34H33N7O3S/c42-31(38-21-23-6-2-1-3-7-23)26-9-4-8-25(18-26)30-27(10-5-14-36-30)22-35-20-24-12-16-41(17-13-24)33-37-15-11-28(39-33)19-29-32(43)40-34(44)45-29/h1-11,14-15,18-19,24,35H,12-13,16-17,20-22H2,(H,38,42)(H,40,43,44)/b29-19-. The molecule has 2 saturated heterocycles. The van der Waals surface area contributed by atoms with Crippen molar-refractivity contribution in [1.29, 1.82) is 0 Å². The Morgan fingerprint density at radius 1 is 0.956 bits per heavy atom. The second kappa shape index (κ2) is 14.3. The zero-order valence-corrected chi connectivity index (χ0v) is 25.4. The van der Waals surface area contributed by atoms with Crippen molar-refractivity contribution in [2.45, 2.75) is 25.9 Å². The molecule has 0 unspecified atom stereocenters. The molecule has 2 aliphatic heterocycles. The van der Waals surface area contributed by atoms with E-state index in [1.54, 1.807) is 24.5 Å². The molecule has 2 fully saturated rings. The molecule has 45 heavy (non-hydrogen) atoms. The van der Waals surface area contributed by atoms with Gasteiger partial charge in [0, 0.05) is 49.7 Å². The monoisotopic (exact) mass is 619 g/mol. The van der Waals surface area contributed by atoms with E-state index in [-0.39, 0.29) is 11.1 Å². The quantitative estimate of drug-likeness (QED) is 0.215. The molecule has 3 N–H and O–H groups in total. The third-order valence-electron chi connectivity index (χ3n) is 7.82. The van der Waals surface area contributed by atoms with Gasteiger partial charge in [-0.15, -0.1) is 0 Å². The molecular formula is C34H33N7O3S. The van der Waals surface area contributed by atoms with Gasteiger partial charge in [0.15, 0.2) is 0 Å². The van der Waals surface area contributed by atoms with Crippen molar-refractivity contribution in [3.8, 4) is 11.3 Å². The van der Waals surface area contributed by atoms with Crippen LogP contribution in [0.3, 0.4) is 0 Å². The Balaban J connectivity index is 1.01. The van der Waals surface area contributed by atoms with E-state index in [0.29, 0.717) is 41.1 Å². The summed E-state index contributed by atoms with van der Waals surface area (Å²) in [6, 6.07) is 23.2. The van der Waals surface area contributed by atoms with Crippen molar-refractivity contribution in [2.24, 2.45) is 5.92 Å². The fourth-order valence-electron chi connectivity index (χ4n) is 5.43. The minimum Gasteiger partial charge on any atom is -0.348 e. The molecule has 0 atom stereocenters. The third-order valence-corrected chi connectivity index (χ3v) is 8.63. The molecular weight excluding hydrogens is 586 g/mol. The topological polar surface area (TPSA) is 129 Å². The van der Waals surface area contributed by atoms with Gasteiger partial charge in [-0.3, -0.25) is 24.7 Å². The summed E-state index contributed by atoms with van der Waals surface area (Å²) >= 11 is 0.879. The summed E-state index contributed by atoms with van der Waals surface area (Å²) in [6.45, 7) is 3.68. The van der Waals surface area contributed by atoms with Crippen LogP contribution in [-0.2, 0) is 17.9 Å². The van der Waals surface area contributed by atoms with Crippen LogP contribution < -0.4 is 20.9 Å². The Labute approximate surface area is 265 Å². The third kappa shape index (κ3) is 7.81. The minimum absolute atomic E-state index is 0.117. The maximum atomic E-state index is 12.9. The van der Waals surface area contributed by atoms with Gasteiger partial charge in [-0.1, -0.05) is 48.5 Å². The first-order valence-electron chi connectivity index (χ1n) is 14.9. The predicted octanol–water partition coefficient (Wildman–Crippen LogP) is 4.80. The molecule has 10 nitrogen and oxygen atoms in total. The lowest BCUT2D eigenvalue weighted by atomic mass is 9.96. The summed E-state index contributed by atoms with van der Waals surface area (Å²) in [6.07, 6.45) is 7.07. The number of benzene rings is 2. The van der Waals surface area contributed by atoms with Crippen LogP contribution in [0.2, 0.25) is 0 Å². The zero-order chi connectivity index (χ0) is 31.0. The van der Waals surface area contributed by atoms with Gasteiger partial charge in [0.25, 0.3) is 17.1 Å². The minimum atomic E-state index is -0.396. The molecule has 0 aliphatic carbocycles. The van der Waals surface area contributed by atoms with Gasteiger partial charge >= 0.3 is 0 Å². The van der Waals surface area contributed by atoms with Crippen molar-refractivity contribution >= 4 is 40.8 Å². The van der Waals surface area contributed by atoms with Crippen molar-refractivity contribution in [1.82, 2.24) is 30.9 Å².